The molecule has 0 saturated carbocycles. The first-order valence-electron chi connectivity index (χ1n) is 7.36. The number of nitrogens with zero attached hydrogens (tertiary/aromatic N) is 3. The van der Waals surface area contributed by atoms with E-state index in [9.17, 15) is 0 Å². The van der Waals surface area contributed by atoms with E-state index in [-0.39, 0.29) is 22.9 Å². The van der Waals surface area contributed by atoms with Crippen molar-refractivity contribution in [3.05, 3.63) is 56.5 Å². The predicted molar refractivity (Wildman–Crippen MR) is 122 cm³/mol. The lowest BCUT2D eigenvalue weighted by atomic mass is 10.2. The van der Waals surface area contributed by atoms with Crippen LogP contribution < -0.4 is 20.6 Å². The minimum absolute atomic E-state index is 0. The van der Waals surface area contributed by atoms with Crippen LogP contribution in [0.1, 0.15) is 11.1 Å². The minimum Gasteiger partial charge on any atom is -0.496 e. The van der Waals surface area contributed by atoms with Crippen LogP contribution in [-0.2, 0) is 0 Å². The van der Waals surface area contributed by atoms with Crippen molar-refractivity contribution in [3.8, 4) is 11.5 Å². The van der Waals surface area contributed by atoms with Gasteiger partial charge in [0.15, 0.2) is 0 Å². The summed E-state index contributed by atoms with van der Waals surface area (Å²) in [5, 5.41) is 11.8. The molecule has 2 rings (SSSR count). The molecule has 3 N–H and O–H groups in total. The Kier molecular flexibility index (Phi) is 10.0. The zero-order valence-corrected chi connectivity index (χ0v) is 19.4. The Hall–Kier alpha value is -1.91. The van der Waals surface area contributed by atoms with Gasteiger partial charge in [0.1, 0.15) is 11.5 Å². The molecule has 0 radical (unpaired) electrons. The van der Waals surface area contributed by atoms with E-state index in [4.69, 9.17) is 15.2 Å². The van der Waals surface area contributed by atoms with E-state index in [2.05, 4.69) is 52.6 Å². The summed E-state index contributed by atoms with van der Waals surface area (Å²) in [6.07, 6.45) is 3.12. The van der Waals surface area contributed by atoms with Gasteiger partial charge >= 0.3 is 0 Å². The molecule has 2 aromatic carbocycles. The highest BCUT2D eigenvalue weighted by Crippen LogP contribution is 2.22. The Morgan fingerprint density at radius 2 is 1.48 bits per heavy atom. The molecule has 144 valence electrons. The van der Waals surface area contributed by atoms with Gasteiger partial charge < -0.3 is 15.2 Å². The summed E-state index contributed by atoms with van der Waals surface area (Å²) in [4.78, 5) is 0. The summed E-state index contributed by atoms with van der Waals surface area (Å²) < 4.78 is 12.4. The van der Waals surface area contributed by atoms with Crippen molar-refractivity contribution >= 4 is 67.2 Å². The normalized spacial score (nSPS) is 11.5. The van der Waals surface area contributed by atoms with Crippen LogP contribution in [0.25, 0.3) is 0 Å². The number of hydrogen-bond donors (Lipinski definition) is 2. The van der Waals surface area contributed by atoms with Crippen molar-refractivity contribution in [2.24, 2.45) is 21.0 Å². The number of methoxy groups -OCH3 is 2. The van der Waals surface area contributed by atoms with Crippen LogP contribution in [0, 0.1) is 0 Å². The van der Waals surface area contributed by atoms with E-state index in [1.807, 2.05) is 36.4 Å². The van der Waals surface area contributed by atoms with E-state index in [0.717, 1.165) is 20.1 Å². The van der Waals surface area contributed by atoms with Gasteiger partial charge in [-0.1, -0.05) is 31.9 Å². The van der Waals surface area contributed by atoms with Crippen LogP contribution in [0.4, 0.5) is 0 Å². The van der Waals surface area contributed by atoms with Gasteiger partial charge in [0.05, 0.1) is 26.6 Å². The van der Waals surface area contributed by atoms with E-state index in [0.29, 0.717) is 11.5 Å². The molecule has 10 heteroatoms. The quantitative estimate of drug-likeness (QED) is 0.315. The standard InChI is InChI=1S/C17H17Br2N5O2.BrH/c1-25-15-7-13(18)5-3-11(15)9-21-23-17(20)24-22-10-12-4-6-14(19)8-16(12)26-2;/h3-10H,1-2H3,(H3,20,23,24);1H/b21-9+,22-10+;. The van der Waals surface area contributed by atoms with Crippen LogP contribution in [0.5, 0.6) is 11.5 Å². The van der Waals surface area contributed by atoms with Crippen LogP contribution in [0.15, 0.2) is 60.6 Å². The molecule has 27 heavy (non-hydrogen) atoms. The average Bonchev–Trinajstić information content (AvgIpc) is 2.63. The van der Waals surface area contributed by atoms with Crippen molar-refractivity contribution in [3.63, 3.8) is 0 Å². The molecule has 0 aromatic heterocycles. The molecule has 0 spiro atoms. The van der Waals surface area contributed by atoms with Gasteiger partial charge in [-0.3, -0.25) is 0 Å². The zero-order chi connectivity index (χ0) is 18.9. The number of guanidine groups is 1. The number of halogens is 3. The Balaban J connectivity index is 0.00000364. The molecule has 0 saturated heterocycles. The van der Waals surface area contributed by atoms with E-state index in [1.54, 1.807) is 26.6 Å². The summed E-state index contributed by atoms with van der Waals surface area (Å²) >= 11 is 6.76. The molecule has 0 atom stereocenters. The maximum Gasteiger partial charge on any atom is 0.234 e. The van der Waals surface area contributed by atoms with Crippen LogP contribution >= 0.6 is 48.8 Å². The third-order valence-corrected chi connectivity index (χ3v) is 4.12. The molecule has 0 bridgehead atoms. The van der Waals surface area contributed by atoms with Crippen LogP contribution in [0.2, 0.25) is 0 Å². The number of ether oxygens (including phenoxy) is 2. The maximum absolute atomic E-state index is 5.73. The average molecular weight is 564 g/mol. The van der Waals surface area contributed by atoms with Crippen molar-refractivity contribution in [2.45, 2.75) is 0 Å². The van der Waals surface area contributed by atoms with E-state index in [1.165, 1.54) is 0 Å². The summed E-state index contributed by atoms with van der Waals surface area (Å²) in [6.45, 7) is 0. The molecule has 7 nitrogen and oxygen atoms in total. The molecular formula is C17H18Br3N5O2. The highest BCUT2D eigenvalue weighted by Gasteiger charge is 2.01. The second-order valence-electron chi connectivity index (χ2n) is 4.87. The lowest BCUT2D eigenvalue weighted by Crippen LogP contribution is -2.26. The molecule has 0 aliphatic carbocycles. The smallest absolute Gasteiger partial charge is 0.234 e. The summed E-state index contributed by atoms with van der Waals surface area (Å²) in [6, 6.07) is 11.2. The van der Waals surface area contributed by atoms with Crippen LogP contribution in [0.3, 0.4) is 0 Å². The van der Waals surface area contributed by atoms with Gasteiger partial charge in [0.25, 0.3) is 0 Å². The lowest BCUT2D eigenvalue weighted by Gasteiger charge is -2.04. The maximum atomic E-state index is 5.73. The predicted octanol–water partition coefficient (Wildman–Crippen LogP) is 4.08. The Morgan fingerprint density at radius 3 is 2.00 bits per heavy atom. The molecule has 0 heterocycles. The first-order chi connectivity index (χ1) is 12.5. The van der Waals surface area contributed by atoms with Gasteiger partial charge in [0, 0.05) is 20.1 Å². The number of hydrogen-bond acceptors (Lipinski definition) is 5. The Bertz CT molecular complexity index is 856. The van der Waals surface area contributed by atoms with Crippen molar-refractivity contribution in [1.29, 1.82) is 0 Å². The highest BCUT2D eigenvalue weighted by atomic mass is 79.9. The first kappa shape index (κ1) is 23.1. The third-order valence-electron chi connectivity index (χ3n) is 3.14. The fourth-order valence-corrected chi connectivity index (χ4v) is 2.61. The second kappa shape index (κ2) is 11.7. The number of benzene rings is 2. The SMILES string of the molecule is Br.COc1cc(Br)ccc1/C=N/N=C(N)N/N=C/c1ccc(Br)cc1OC. The molecule has 0 aliphatic rings. The number of nitrogens with two attached hydrogens (primary N) is 1. The van der Waals surface area contributed by atoms with Gasteiger partial charge in [-0.05, 0) is 36.4 Å². The third kappa shape index (κ3) is 7.31. The largest absolute Gasteiger partial charge is 0.496 e. The van der Waals surface area contributed by atoms with Gasteiger partial charge in [0.2, 0.25) is 5.96 Å². The van der Waals surface area contributed by atoms with E-state index < -0.39 is 0 Å². The topological polar surface area (TPSA) is 93.6 Å². The lowest BCUT2D eigenvalue weighted by molar-refractivity contribution is 0.414. The van der Waals surface area contributed by atoms with E-state index >= 15 is 0 Å². The van der Waals surface area contributed by atoms with Crippen LogP contribution in [-0.4, -0.2) is 32.6 Å². The number of nitrogens with one attached hydrogen (secondary N) is 1. The number of rotatable bonds is 6. The van der Waals surface area contributed by atoms with Crippen molar-refractivity contribution in [1.82, 2.24) is 5.43 Å². The molecule has 0 fully saturated rings. The van der Waals surface area contributed by atoms with Gasteiger partial charge in [-0.15, -0.1) is 22.1 Å². The zero-order valence-electron chi connectivity index (χ0n) is 14.5. The first-order valence-corrected chi connectivity index (χ1v) is 8.94. The Labute approximate surface area is 184 Å². The summed E-state index contributed by atoms with van der Waals surface area (Å²) in [7, 11) is 3.18. The fourth-order valence-electron chi connectivity index (χ4n) is 1.93. The molecular weight excluding hydrogens is 546 g/mol. The molecule has 2 aromatic rings. The van der Waals surface area contributed by atoms with Gasteiger partial charge in [-0.2, -0.15) is 10.2 Å². The highest BCUT2D eigenvalue weighted by molar-refractivity contribution is 9.10. The number of hydrazone groups is 1. The van der Waals surface area contributed by atoms with Crippen molar-refractivity contribution in [2.75, 3.05) is 14.2 Å². The summed E-state index contributed by atoms with van der Waals surface area (Å²) in [5.74, 6) is 1.40. The Morgan fingerprint density at radius 1 is 0.963 bits per heavy atom. The van der Waals surface area contributed by atoms with Gasteiger partial charge in [-0.25, -0.2) is 5.43 Å². The minimum atomic E-state index is 0. The van der Waals surface area contributed by atoms with Crippen molar-refractivity contribution < 1.29 is 9.47 Å². The second-order valence-corrected chi connectivity index (χ2v) is 6.70. The fraction of sp³-hybridized carbons (Fsp3) is 0.118. The summed E-state index contributed by atoms with van der Waals surface area (Å²) in [5.41, 5.74) is 9.89. The molecule has 0 aliphatic heterocycles. The molecule has 0 unspecified atom stereocenters. The molecule has 0 amide bonds. The monoisotopic (exact) mass is 561 g/mol.